The summed E-state index contributed by atoms with van der Waals surface area (Å²) in [6.45, 7) is 0. The van der Waals surface area contributed by atoms with E-state index in [1.165, 1.54) is 36.4 Å². The molecule has 0 spiro atoms. The number of fused-ring (bicyclic) bond motifs is 3. The molecule has 4 N–H and O–H groups in total. The monoisotopic (exact) mass is 306 g/mol. The summed E-state index contributed by atoms with van der Waals surface area (Å²) in [6.07, 6.45) is 0. The van der Waals surface area contributed by atoms with E-state index in [0.29, 0.717) is 11.1 Å². The van der Waals surface area contributed by atoms with Gasteiger partial charge in [-0.2, -0.15) is 0 Å². The number of benzene rings is 2. The highest BCUT2D eigenvalue weighted by atomic mass is 32.3. The fraction of sp³-hybridized carbons (Fsp3) is 0. The molecule has 0 saturated carbocycles. The molecule has 0 aromatic heterocycles. The Labute approximate surface area is 120 Å². The lowest BCUT2D eigenvalue weighted by Crippen LogP contribution is -2.01. The van der Waals surface area contributed by atoms with E-state index >= 15 is 0 Å². The zero-order valence-electron chi connectivity index (χ0n) is 10.5. The Balaban J connectivity index is 2.26. The van der Waals surface area contributed by atoms with Gasteiger partial charge in [-0.05, 0) is 24.3 Å². The van der Waals surface area contributed by atoms with E-state index in [4.69, 9.17) is 10.2 Å². The van der Waals surface area contributed by atoms with Crippen molar-refractivity contribution in [2.45, 2.75) is 9.79 Å². The van der Waals surface area contributed by atoms with Crippen molar-refractivity contribution in [1.82, 2.24) is 0 Å². The SMILES string of the molecule is O=C(O)c1ccc2c(c1)S(O)(O)c1cc(C(=O)O)ccc1-2. The predicted octanol–water partition coefficient (Wildman–Crippen LogP) is 3.23. The summed E-state index contributed by atoms with van der Waals surface area (Å²) in [5.74, 6) is -2.34. The van der Waals surface area contributed by atoms with Gasteiger partial charge in [0.15, 0.2) is 0 Å². The molecular formula is C14H10O6S. The van der Waals surface area contributed by atoms with Crippen LogP contribution in [0.5, 0.6) is 0 Å². The Morgan fingerprint density at radius 2 is 1.14 bits per heavy atom. The molecule has 0 amide bonds. The smallest absolute Gasteiger partial charge is 0.335 e. The first kappa shape index (κ1) is 13.6. The summed E-state index contributed by atoms with van der Waals surface area (Å²) in [4.78, 5) is 22.2. The highest BCUT2D eigenvalue weighted by molar-refractivity contribution is 8.24. The standard InChI is InChI=1S/C14H10O6S/c15-13(16)7-1-3-9-10-4-2-8(14(17)18)6-12(10)21(19,20)11(9)5-7/h1-6,19-20H,(H,15,16)(H,17,18). The number of aromatic carboxylic acids is 2. The fourth-order valence-corrected chi connectivity index (χ4v) is 4.13. The third kappa shape index (κ3) is 1.90. The number of rotatable bonds is 2. The second-order valence-electron chi connectivity index (χ2n) is 4.58. The Kier molecular flexibility index (Phi) is 2.80. The lowest BCUT2D eigenvalue weighted by molar-refractivity contribution is 0.0686. The molecule has 0 aliphatic carbocycles. The molecule has 0 atom stereocenters. The molecule has 0 unspecified atom stereocenters. The maximum Gasteiger partial charge on any atom is 0.335 e. The molecule has 3 rings (SSSR count). The molecule has 21 heavy (non-hydrogen) atoms. The normalized spacial score (nSPS) is 15.9. The van der Waals surface area contributed by atoms with Gasteiger partial charge in [0.25, 0.3) is 0 Å². The van der Waals surface area contributed by atoms with Gasteiger partial charge >= 0.3 is 11.9 Å². The zero-order chi connectivity index (χ0) is 15.4. The van der Waals surface area contributed by atoms with Gasteiger partial charge in [-0.25, -0.2) is 9.59 Å². The van der Waals surface area contributed by atoms with Gasteiger partial charge in [-0.3, -0.25) is 9.11 Å². The third-order valence-corrected chi connectivity index (χ3v) is 5.26. The summed E-state index contributed by atoms with van der Waals surface area (Å²) in [7, 11) is -3.40. The second kappa shape index (κ2) is 4.32. The van der Waals surface area contributed by atoms with Gasteiger partial charge < -0.3 is 10.2 Å². The van der Waals surface area contributed by atoms with Crippen LogP contribution in [0.4, 0.5) is 0 Å². The van der Waals surface area contributed by atoms with E-state index in [-0.39, 0.29) is 20.9 Å². The van der Waals surface area contributed by atoms with E-state index in [1.807, 2.05) is 0 Å². The molecule has 0 saturated heterocycles. The van der Waals surface area contributed by atoms with Crippen LogP contribution >= 0.6 is 10.6 Å². The molecule has 1 aliphatic heterocycles. The molecule has 2 aromatic rings. The third-order valence-electron chi connectivity index (χ3n) is 3.36. The summed E-state index contributed by atoms with van der Waals surface area (Å²) >= 11 is 0. The van der Waals surface area contributed by atoms with Crippen molar-refractivity contribution in [1.29, 1.82) is 0 Å². The van der Waals surface area contributed by atoms with Crippen molar-refractivity contribution in [3.8, 4) is 11.1 Å². The highest BCUT2D eigenvalue weighted by Gasteiger charge is 2.34. The van der Waals surface area contributed by atoms with E-state index in [1.54, 1.807) is 0 Å². The number of hydrogen-bond acceptors (Lipinski definition) is 4. The minimum absolute atomic E-state index is 0.0556. The Bertz CT molecular complexity index is 731. The Hall–Kier alpha value is -2.35. The van der Waals surface area contributed by atoms with E-state index in [9.17, 15) is 18.7 Å². The van der Waals surface area contributed by atoms with Crippen LogP contribution in [0.25, 0.3) is 11.1 Å². The van der Waals surface area contributed by atoms with E-state index in [2.05, 4.69) is 0 Å². The van der Waals surface area contributed by atoms with Gasteiger partial charge in [0, 0.05) is 11.1 Å². The van der Waals surface area contributed by atoms with Gasteiger partial charge in [-0.15, -0.1) is 10.6 Å². The van der Waals surface area contributed by atoms with Gasteiger partial charge in [-0.1, -0.05) is 12.1 Å². The first-order valence-electron chi connectivity index (χ1n) is 5.85. The van der Waals surface area contributed by atoms with Crippen LogP contribution in [0.1, 0.15) is 20.7 Å². The fourth-order valence-electron chi connectivity index (χ4n) is 2.35. The summed E-state index contributed by atoms with van der Waals surface area (Å²) in [5.41, 5.74) is 0.902. The largest absolute Gasteiger partial charge is 0.478 e. The average molecular weight is 306 g/mol. The molecule has 0 radical (unpaired) electrons. The maximum absolute atomic E-state index is 11.0. The zero-order valence-corrected chi connectivity index (χ0v) is 11.3. The van der Waals surface area contributed by atoms with Gasteiger partial charge in [0.2, 0.25) is 0 Å². The van der Waals surface area contributed by atoms with E-state index < -0.39 is 22.5 Å². The number of hydrogen-bond donors (Lipinski definition) is 4. The molecular weight excluding hydrogens is 296 g/mol. The molecule has 2 aromatic carbocycles. The summed E-state index contributed by atoms with van der Waals surface area (Å²) < 4.78 is 20.7. The Morgan fingerprint density at radius 3 is 1.48 bits per heavy atom. The number of carboxylic acids is 2. The number of carboxylic acid groups (broad SMARTS) is 2. The maximum atomic E-state index is 11.0. The van der Waals surface area contributed by atoms with Crippen molar-refractivity contribution >= 4 is 22.5 Å². The van der Waals surface area contributed by atoms with Crippen LogP contribution in [0.3, 0.4) is 0 Å². The lowest BCUT2D eigenvalue weighted by atomic mass is 10.0. The average Bonchev–Trinajstić information content (AvgIpc) is 2.67. The predicted molar refractivity (Wildman–Crippen MR) is 75.2 cm³/mol. The summed E-state index contributed by atoms with van der Waals surface area (Å²) in [6, 6.07) is 8.17. The van der Waals surface area contributed by atoms with Gasteiger partial charge in [0.05, 0.1) is 20.9 Å². The van der Waals surface area contributed by atoms with Crippen LogP contribution in [0, 0.1) is 0 Å². The van der Waals surface area contributed by atoms with Crippen LogP contribution in [0.2, 0.25) is 0 Å². The molecule has 108 valence electrons. The van der Waals surface area contributed by atoms with Crippen molar-refractivity contribution in [3.05, 3.63) is 47.5 Å². The van der Waals surface area contributed by atoms with Crippen LogP contribution in [0.15, 0.2) is 46.2 Å². The molecule has 6 nitrogen and oxygen atoms in total. The number of carbonyl (C=O) groups is 2. The second-order valence-corrected chi connectivity index (χ2v) is 6.56. The molecule has 1 heterocycles. The molecule has 0 bridgehead atoms. The topological polar surface area (TPSA) is 115 Å². The van der Waals surface area contributed by atoms with Crippen LogP contribution in [-0.2, 0) is 0 Å². The van der Waals surface area contributed by atoms with Crippen molar-refractivity contribution in [3.63, 3.8) is 0 Å². The van der Waals surface area contributed by atoms with Crippen molar-refractivity contribution < 1.29 is 28.9 Å². The molecule has 1 aliphatic rings. The summed E-state index contributed by atoms with van der Waals surface area (Å²) in [5, 5.41) is 18.0. The Morgan fingerprint density at radius 1 is 0.762 bits per heavy atom. The molecule has 7 heteroatoms. The van der Waals surface area contributed by atoms with Gasteiger partial charge in [0.1, 0.15) is 0 Å². The first-order valence-corrected chi connectivity index (χ1v) is 7.40. The first-order chi connectivity index (χ1) is 9.82. The minimum atomic E-state index is -3.40. The quantitative estimate of drug-likeness (QED) is 0.677. The minimum Gasteiger partial charge on any atom is -0.478 e. The lowest BCUT2D eigenvalue weighted by Gasteiger charge is -2.29. The van der Waals surface area contributed by atoms with Crippen LogP contribution in [-0.4, -0.2) is 31.3 Å². The molecule has 0 fully saturated rings. The van der Waals surface area contributed by atoms with Crippen LogP contribution < -0.4 is 0 Å². The van der Waals surface area contributed by atoms with E-state index in [0.717, 1.165) is 0 Å². The van der Waals surface area contributed by atoms with Crippen molar-refractivity contribution in [2.75, 3.05) is 0 Å². The van der Waals surface area contributed by atoms with Crippen molar-refractivity contribution in [2.24, 2.45) is 0 Å². The highest BCUT2D eigenvalue weighted by Crippen LogP contribution is 2.66.